The number of carboxylic acids is 1. The molecule has 0 saturated heterocycles. The van der Waals surface area contributed by atoms with Gasteiger partial charge in [-0.3, -0.25) is 4.79 Å². The highest BCUT2D eigenvalue weighted by atomic mass is 16.4. The molecule has 2 heteroatoms. The molecule has 0 aliphatic heterocycles. The number of hydrogen-bond donors (Lipinski definition) is 1. The highest BCUT2D eigenvalue weighted by molar-refractivity contribution is 5.68. The first-order chi connectivity index (χ1) is 6.81. The normalized spacial score (nSPS) is 30.1. The molecule has 0 heterocycles. The average molecular weight is 208 g/mol. The third-order valence-corrected chi connectivity index (χ3v) is 3.39. The molecule has 2 nitrogen and oxygen atoms in total. The van der Waals surface area contributed by atoms with Crippen LogP contribution in [0.5, 0.6) is 0 Å². The summed E-state index contributed by atoms with van der Waals surface area (Å²) in [6.07, 6.45) is 7.15. The summed E-state index contributed by atoms with van der Waals surface area (Å²) < 4.78 is 0. The van der Waals surface area contributed by atoms with Gasteiger partial charge in [-0.25, -0.2) is 0 Å². The Morgan fingerprint density at radius 1 is 1.60 bits per heavy atom. The van der Waals surface area contributed by atoms with E-state index in [2.05, 4.69) is 32.6 Å². The smallest absolute Gasteiger partial charge is 0.304 e. The van der Waals surface area contributed by atoms with Gasteiger partial charge in [-0.05, 0) is 17.8 Å². The molecule has 0 radical (unpaired) electrons. The van der Waals surface area contributed by atoms with E-state index in [1.807, 2.05) is 13.0 Å². The third kappa shape index (κ3) is 2.49. The Kier molecular flexibility index (Phi) is 3.08. The molecule has 0 aromatic rings. The molecule has 0 spiro atoms. The van der Waals surface area contributed by atoms with Crippen LogP contribution in [0.1, 0.15) is 33.6 Å². The van der Waals surface area contributed by atoms with E-state index in [9.17, 15) is 4.79 Å². The van der Waals surface area contributed by atoms with Crippen molar-refractivity contribution >= 4 is 5.97 Å². The van der Waals surface area contributed by atoms with Crippen molar-refractivity contribution in [2.75, 3.05) is 0 Å². The van der Waals surface area contributed by atoms with E-state index in [4.69, 9.17) is 5.11 Å². The zero-order chi connectivity index (χ0) is 11.7. The van der Waals surface area contributed by atoms with E-state index < -0.39 is 5.97 Å². The van der Waals surface area contributed by atoms with Crippen LogP contribution in [0.3, 0.4) is 0 Å². The van der Waals surface area contributed by atoms with Crippen molar-refractivity contribution in [3.63, 3.8) is 0 Å². The summed E-state index contributed by atoms with van der Waals surface area (Å²) in [6, 6.07) is 0. The Balaban J connectivity index is 2.95. The van der Waals surface area contributed by atoms with Crippen LogP contribution < -0.4 is 0 Å². The van der Waals surface area contributed by atoms with Crippen LogP contribution in [0.15, 0.2) is 24.8 Å². The largest absolute Gasteiger partial charge is 0.481 e. The SMILES string of the molecule is C=CC(C)C1(CC(=O)O)C=CC(C)(C)C1. The van der Waals surface area contributed by atoms with Gasteiger partial charge in [-0.2, -0.15) is 0 Å². The molecule has 2 atom stereocenters. The van der Waals surface area contributed by atoms with Gasteiger partial charge < -0.3 is 5.11 Å². The van der Waals surface area contributed by atoms with Crippen molar-refractivity contribution in [1.82, 2.24) is 0 Å². The molecule has 84 valence electrons. The Bertz CT molecular complexity index is 302. The van der Waals surface area contributed by atoms with Crippen LogP contribution in [-0.2, 0) is 4.79 Å². The second-order valence-corrected chi connectivity index (χ2v) is 5.33. The summed E-state index contributed by atoms with van der Waals surface area (Å²) in [7, 11) is 0. The molecule has 0 aromatic carbocycles. The molecule has 1 rings (SSSR count). The molecule has 0 bridgehead atoms. The van der Waals surface area contributed by atoms with E-state index in [1.165, 1.54) is 0 Å². The highest BCUT2D eigenvalue weighted by Crippen LogP contribution is 2.50. The van der Waals surface area contributed by atoms with Gasteiger partial charge >= 0.3 is 5.97 Å². The summed E-state index contributed by atoms with van der Waals surface area (Å²) in [5, 5.41) is 8.99. The minimum Gasteiger partial charge on any atom is -0.481 e. The van der Waals surface area contributed by atoms with Crippen molar-refractivity contribution in [1.29, 1.82) is 0 Å². The minimum atomic E-state index is -0.731. The molecule has 2 unspecified atom stereocenters. The van der Waals surface area contributed by atoms with Crippen molar-refractivity contribution in [3.05, 3.63) is 24.8 Å². The monoisotopic (exact) mass is 208 g/mol. The first-order valence-electron chi connectivity index (χ1n) is 5.36. The van der Waals surface area contributed by atoms with Crippen LogP contribution in [0.4, 0.5) is 0 Å². The molecule has 1 aliphatic rings. The number of carboxylic acid groups (broad SMARTS) is 1. The van der Waals surface area contributed by atoms with Gasteiger partial charge in [0.25, 0.3) is 0 Å². The fourth-order valence-corrected chi connectivity index (χ4v) is 2.47. The maximum absolute atomic E-state index is 10.9. The first kappa shape index (κ1) is 12.0. The second-order valence-electron chi connectivity index (χ2n) is 5.33. The van der Waals surface area contributed by atoms with E-state index in [1.54, 1.807) is 0 Å². The maximum Gasteiger partial charge on any atom is 0.304 e. The second kappa shape index (κ2) is 3.84. The standard InChI is InChI=1S/C13H20O2/c1-5-10(2)13(8-11(14)15)7-6-12(3,4)9-13/h5-7,10H,1,8-9H2,2-4H3,(H,14,15). The van der Waals surface area contributed by atoms with E-state index in [0.717, 1.165) is 6.42 Å². The number of aliphatic carboxylic acids is 1. The predicted molar refractivity (Wildman–Crippen MR) is 61.6 cm³/mol. The van der Waals surface area contributed by atoms with Gasteiger partial charge in [0.2, 0.25) is 0 Å². The number of rotatable bonds is 4. The van der Waals surface area contributed by atoms with E-state index >= 15 is 0 Å². The Morgan fingerprint density at radius 2 is 2.20 bits per heavy atom. The summed E-state index contributed by atoms with van der Waals surface area (Å²) in [4.78, 5) is 10.9. The lowest BCUT2D eigenvalue weighted by Gasteiger charge is -2.33. The number of carbonyl (C=O) groups is 1. The van der Waals surface area contributed by atoms with E-state index in [0.29, 0.717) is 0 Å². The van der Waals surface area contributed by atoms with E-state index in [-0.39, 0.29) is 23.2 Å². The summed E-state index contributed by atoms with van der Waals surface area (Å²) in [6.45, 7) is 10.1. The molecule has 0 fully saturated rings. The molecular weight excluding hydrogens is 188 g/mol. The fourth-order valence-electron chi connectivity index (χ4n) is 2.47. The number of hydrogen-bond acceptors (Lipinski definition) is 1. The lowest BCUT2D eigenvalue weighted by Crippen LogP contribution is -2.29. The van der Waals surface area contributed by atoms with Gasteiger partial charge in [0.15, 0.2) is 0 Å². The van der Waals surface area contributed by atoms with Crippen molar-refractivity contribution < 1.29 is 9.90 Å². The number of allylic oxidation sites excluding steroid dienone is 3. The molecule has 0 amide bonds. The molecule has 0 aromatic heterocycles. The lowest BCUT2D eigenvalue weighted by molar-refractivity contribution is -0.139. The Morgan fingerprint density at radius 3 is 2.53 bits per heavy atom. The zero-order valence-electron chi connectivity index (χ0n) is 9.79. The van der Waals surface area contributed by atoms with Gasteiger partial charge in [0, 0.05) is 5.41 Å². The van der Waals surface area contributed by atoms with Gasteiger partial charge in [-0.1, -0.05) is 39.0 Å². The lowest BCUT2D eigenvalue weighted by atomic mass is 9.70. The third-order valence-electron chi connectivity index (χ3n) is 3.39. The summed E-state index contributed by atoms with van der Waals surface area (Å²) in [5.41, 5.74) is -0.135. The predicted octanol–water partition coefficient (Wildman–Crippen LogP) is 3.26. The minimum absolute atomic E-state index is 0.104. The van der Waals surface area contributed by atoms with Crippen molar-refractivity contribution in [2.24, 2.45) is 16.7 Å². The molecule has 15 heavy (non-hydrogen) atoms. The average Bonchev–Trinajstić information content (AvgIpc) is 2.40. The van der Waals surface area contributed by atoms with Gasteiger partial charge in [0.1, 0.15) is 0 Å². The maximum atomic E-state index is 10.9. The van der Waals surface area contributed by atoms with Crippen LogP contribution in [0.2, 0.25) is 0 Å². The summed E-state index contributed by atoms with van der Waals surface area (Å²) in [5.74, 6) is -0.530. The van der Waals surface area contributed by atoms with Crippen molar-refractivity contribution in [3.8, 4) is 0 Å². The zero-order valence-corrected chi connectivity index (χ0v) is 9.79. The first-order valence-corrected chi connectivity index (χ1v) is 5.36. The van der Waals surface area contributed by atoms with Crippen LogP contribution in [0.25, 0.3) is 0 Å². The molecular formula is C13H20O2. The van der Waals surface area contributed by atoms with Gasteiger partial charge in [-0.15, -0.1) is 6.58 Å². The molecule has 0 saturated carbocycles. The topological polar surface area (TPSA) is 37.3 Å². The highest BCUT2D eigenvalue weighted by Gasteiger charge is 2.42. The van der Waals surface area contributed by atoms with Crippen LogP contribution in [0, 0.1) is 16.7 Å². The van der Waals surface area contributed by atoms with Crippen molar-refractivity contribution in [2.45, 2.75) is 33.6 Å². The fraction of sp³-hybridized carbons (Fsp3) is 0.615. The Labute approximate surface area is 91.7 Å². The quantitative estimate of drug-likeness (QED) is 0.720. The summed E-state index contributed by atoms with van der Waals surface area (Å²) >= 11 is 0. The molecule has 1 aliphatic carbocycles. The van der Waals surface area contributed by atoms with Crippen LogP contribution >= 0.6 is 0 Å². The van der Waals surface area contributed by atoms with Crippen LogP contribution in [-0.4, -0.2) is 11.1 Å². The molecule has 1 N–H and O–H groups in total. The Hall–Kier alpha value is -1.05. The van der Waals surface area contributed by atoms with Gasteiger partial charge in [0.05, 0.1) is 6.42 Å².